The number of nitrogens with two attached hydrogens (primary N) is 1. The Hall–Kier alpha value is -0.610. The van der Waals surface area contributed by atoms with Crippen LogP contribution in [0.3, 0.4) is 0 Å². The summed E-state index contributed by atoms with van der Waals surface area (Å²) in [5.74, 6) is 0.457. The Morgan fingerprint density at radius 2 is 2.43 bits per heavy atom. The highest BCUT2D eigenvalue weighted by Gasteiger charge is 2.16. The van der Waals surface area contributed by atoms with E-state index in [-0.39, 0.29) is 5.91 Å². The Morgan fingerprint density at radius 1 is 1.64 bits per heavy atom. The molecule has 3 N–H and O–H groups in total. The second-order valence-electron chi connectivity index (χ2n) is 4.01. The lowest BCUT2D eigenvalue weighted by molar-refractivity contribution is -0.119. The average molecular weight is 199 g/mol. The number of rotatable bonds is 5. The van der Waals surface area contributed by atoms with E-state index < -0.39 is 0 Å². The first kappa shape index (κ1) is 11.5. The van der Waals surface area contributed by atoms with Crippen LogP contribution >= 0.6 is 0 Å². The second-order valence-corrected chi connectivity index (χ2v) is 4.01. The Morgan fingerprint density at radius 3 is 2.93 bits per heavy atom. The highest BCUT2D eigenvalue weighted by molar-refractivity contribution is 5.75. The van der Waals surface area contributed by atoms with E-state index in [0.29, 0.717) is 12.5 Å². The molecule has 1 aliphatic rings. The van der Waals surface area contributed by atoms with Gasteiger partial charge in [0.2, 0.25) is 5.91 Å². The van der Waals surface area contributed by atoms with Crippen molar-refractivity contribution in [3.63, 3.8) is 0 Å². The minimum atomic E-state index is -0.226. The van der Waals surface area contributed by atoms with Gasteiger partial charge in [0.25, 0.3) is 0 Å². The molecule has 0 bridgehead atoms. The van der Waals surface area contributed by atoms with Crippen molar-refractivity contribution in [3.05, 3.63) is 0 Å². The third kappa shape index (κ3) is 4.07. The van der Waals surface area contributed by atoms with Gasteiger partial charge < -0.3 is 11.1 Å². The molecule has 1 fully saturated rings. The highest BCUT2D eigenvalue weighted by atomic mass is 16.1. The fraction of sp³-hybridized carbons (Fsp3) is 0.900. The van der Waals surface area contributed by atoms with E-state index in [9.17, 15) is 4.79 Å². The number of piperidine rings is 1. The van der Waals surface area contributed by atoms with Crippen molar-refractivity contribution in [2.45, 2.75) is 19.8 Å². The lowest BCUT2D eigenvalue weighted by Gasteiger charge is -2.28. The molecule has 0 aromatic carbocycles. The maximum Gasteiger partial charge on any atom is 0.231 e. The van der Waals surface area contributed by atoms with Crippen LogP contribution in [0.15, 0.2) is 0 Å². The molecule has 0 aromatic rings. The summed E-state index contributed by atoms with van der Waals surface area (Å²) in [5, 5.41) is 3.37. The van der Waals surface area contributed by atoms with E-state index in [0.717, 1.165) is 26.2 Å². The minimum absolute atomic E-state index is 0.226. The summed E-state index contributed by atoms with van der Waals surface area (Å²) < 4.78 is 0. The van der Waals surface area contributed by atoms with Crippen LogP contribution < -0.4 is 11.1 Å². The highest BCUT2D eigenvalue weighted by Crippen LogP contribution is 2.11. The largest absolute Gasteiger partial charge is 0.369 e. The molecule has 1 atom stereocenters. The smallest absolute Gasteiger partial charge is 0.231 e. The molecule has 1 heterocycles. The number of hydrogen-bond donors (Lipinski definition) is 2. The molecule has 1 unspecified atom stereocenters. The summed E-state index contributed by atoms with van der Waals surface area (Å²) in [6.07, 6.45) is 2.51. The number of nitrogens with zero attached hydrogens (tertiary/aromatic N) is 1. The molecular weight excluding hydrogens is 178 g/mol. The summed E-state index contributed by atoms with van der Waals surface area (Å²) in [4.78, 5) is 12.9. The summed E-state index contributed by atoms with van der Waals surface area (Å²) in [5.41, 5.74) is 5.18. The van der Waals surface area contributed by atoms with Crippen LogP contribution in [0.2, 0.25) is 0 Å². The predicted octanol–water partition coefficient (Wildman–Crippen LogP) is -0.207. The Balaban J connectivity index is 2.27. The maximum atomic E-state index is 10.8. The van der Waals surface area contributed by atoms with Gasteiger partial charge >= 0.3 is 0 Å². The molecule has 0 aliphatic carbocycles. The van der Waals surface area contributed by atoms with E-state index in [4.69, 9.17) is 5.73 Å². The molecule has 0 radical (unpaired) electrons. The first-order valence-corrected chi connectivity index (χ1v) is 5.43. The summed E-state index contributed by atoms with van der Waals surface area (Å²) in [6.45, 7) is 6.58. The number of carbonyl (C=O) groups is 1. The molecule has 1 rings (SSSR count). The first-order valence-electron chi connectivity index (χ1n) is 5.43. The van der Waals surface area contributed by atoms with Gasteiger partial charge in [-0.15, -0.1) is 0 Å². The molecular formula is C10H21N3O. The number of primary amides is 1. The van der Waals surface area contributed by atoms with Crippen LogP contribution in [0.5, 0.6) is 0 Å². The van der Waals surface area contributed by atoms with Crippen molar-refractivity contribution in [1.82, 2.24) is 10.2 Å². The summed E-state index contributed by atoms with van der Waals surface area (Å²) in [6, 6.07) is 0. The van der Waals surface area contributed by atoms with Crippen LogP contribution in [0.25, 0.3) is 0 Å². The zero-order chi connectivity index (χ0) is 10.4. The predicted molar refractivity (Wildman–Crippen MR) is 56.9 cm³/mol. The standard InChI is InChI=1S/C10H21N3O/c1-2-13(8-10(11)14)7-9-4-3-5-12-6-9/h9,12H,2-8H2,1H3,(H2,11,14). The summed E-state index contributed by atoms with van der Waals surface area (Å²) in [7, 11) is 0. The van der Waals surface area contributed by atoms with Crippen molar-refractivity contribution in [2.75, 3.05) is 32.7 Å². The van der Waals surface area contributed by atoms with Crippen LogP contribution in [0.1, 0.15) is 19.8 Å². The van der Waals surface area contributed by atoms with Gasteiger partial charge in [0.05, 0.1) is 6.54 Å². The molecule has 1 amide bonds. The quantitative estimate of drug-likeness (QED) is 0.644. The molecule has 0 saturated carbocycles. The number of carbonyl (C=O) groups excluding carboxylic acids is 1. The van der Waals surface area contributed by atoms with Gasteiger partial charge in [-0.2, -0.15) is 0 Å². The normalized spacial score (nSPS) is 22.6. The lowest BCUT2D eigenvalue weighted by Crippen LogP contribution is -2.41. The fourth-order valence-corrected chi connectivity index (χ4v) is 1.97. The van der Waals surface area contributed by atoms with E-state index in [1.54, 1.807) is 0 Å². The van der Waals surface area contributed by atoms with Gasteiger partial charge in [0.15, 0.2) is 0 Å². The lowest BCUT2D eigenvalue weighted by atomic mass is 9.99. The van der Waals surface area contributed by atoms with Crippen LogP contribution in [0, 0.1) is 5.92 Å². The zero-order valence-corrected chi connectivity index (χ0v) is 8.96. The second kappa shape index (κ2) is 5.98. The molecule has 0 aromatic heterocycles. The number of amides is 1. The van der Waals surface area contributed by atoms with E-state index >= 15 is 0 Å². The SMILES string of the molecule is CCN(CC(N)=O)CC1CCCNC1. The van der Waals surface area contributed by atoms with Gasteiger partial charge in [-0.25, -0.2) is 0 Å². The maximum absolute atomic E-state index is 10.8. The Labute approximate surface area is 85.8 Å². The number of nitrogens with one attached hydrogen (secondary N) is 1. The van der Waals surface area contributed by atoms with Crippen LogP contribution in [-0.4, -0.2) is 43.5 Å². The fourth-order valence-electron chi connectivity index (χ4n) is 1.97. The molecule has 1 saturated heterocycles. The summed E-state index contributed by atoms with van der Waals surface area (Å²) >= 11 is 0. The molecule has 14 heavy (non-hydrogen) atoms. The molecule has 4 nitrogen and oxygen atoms in total. The molecule has 1 aliphatic heterocycles. The topological polar surface area (TPSA) is 58.4 Å². The number of likely N-dealkylation sites (N-methyl/N-ethyl adjacent to an activating group) is 1. The third-order valence-corrected chi connectivity index (χ3v) is 2.74. The van der Waals surface area contributed by atoms with Crippen LogP contribution in [0.4, 0.5) is 0 Å². The van der Waals surface area contributed by atoms with E-state index in [1.807, 2.05) is 0 Å². The van der Waals surface area contributed by atoms with Crippen molar-refractivity contribution >= 4 is 5.91 Å². The van der Waals surface area contributed by atoms with E-state index in [1.165, 1.54) is 12.8 Å². The molecule has 4 heteroatoms. The van der Waals surface area contributed by atoms with Crippen LogP contribution in [-0.2, 0) is 4.79 Å². The Kier molecular flexibility index (Phi) is 4.90. The van der Waals surface area contributed by atoms with Crippen molar-refractivity contribution in [2.24, 2.45) is 11.7 Å². The Bertz CT molecular complexity index is 178. The average Bonchev–Trinajstić information content (AvgIpc) is 2.17. The van der Waals surface area contributed by atoms with Gasteiger partial charge in [0, 0.05) is 6.54 Å². The molecule has 0 spiro atoms. The molecule has 82 valence electrons. The van der Waals surface area contributed by atoms with Crippen molar-refractivity contribution < 1.29 is 4.79 Å². The van der Waals surface area contributed by atoms with E-state index in [2.05, 4.69) is 17.1 Å². The van der Waals surface area contributed by atoms with Gasteiger partial charge in [0.1, 0.15) is 0 Å². The van der Waals surface area contributed by atoms with Crippen molar-refractivity contribution in [3.8, 4) is 0 Å². The van der Waals surface area contributed by atoms with Gasteiger partial charge in [-0.1, -0.05) is 6.92 Å². The van der Waals surface area contributed by atoms with Gasteiger partial charge in [-0.3, -0.25) is 9.69 Å². The third-order valence-electron chi connectivity index (χ3n) is 2.74. The van der Waals surface area contributed by atoms with Gasteiger partial charge in [-0.05, 0) is 38.4 Å². The van der Waals surface area contributed by atoms with Crippen molar-refractivity contribution in [1.29, 1.82) is 0 Å². The monoisotopic (exact) mass is 199 g/mol. The first-order chi connectivity index (χ1) is 6.72. The minimum Gasteiger partial charge on any atom is -0.369 e. The zero-order valence-electron chi connectivity index (χ0n) is 8.96. The number of hydrogen-bond acceptors (Lipinski definition) is 3.